The van der Waals surface area contributed by atoms with Crippen LogP contribution in [-0.2, 0) is 0 Å². The first-order chi connectivity index (χ1) is 6.82. The first-order valence-corrected chi connectivity index (χ1v) is 9.26. The van der Waals surface area contributed by atoms with Gasteiger partial charge in [-0.3, -0.25) is 0 Å². The van der Waals surface area contributed by atoms with Crippen LogP contribution in [0.15, 0.2) is 47.1 Å². The normalized spacial score (nSPS) is 11.2. The molecule has 1 rings (SSSR count). The molecule has 15 heavy (non-hydrogen) atoms. The SMILES string of the molecule is C=C(C(=C)[Si](C)(C)C)c1ccc(Br)cc1. The lowest BCUT2D eigenvalue weighted by Gasteiger charge is -2.21. The molecule has 0 atom stereocenters. The van der Waals surface area contributed by atoms with Crippen molar-refractivity contribution in [2.24, 2.45) is 0 Å². The van der Waals surface area contributed by atoms with Crippen LogP contribution in [0.5, 0.6) is 0 Å². The molecule has 1 aromatic rings. The number of rotatable bonds is 3. The third-order valence-corrected chi connectivity index (χ3v) is 5.10. The number of hydrogen-bond acceptors (Lipinski definition) is 0. The highest BCUT2D eigenvalue weighted by atomic mass is 79.9. The van der Waals surface area contributed by atoms with Crippen LogP contribution >= 0.6 is 15.9 Å². The molecular weight excluding hydrogens is 264 g/mol. The van der Waals surface area contributed by atoms with Gasteiger partial charge in [-0.15, -0.1) is 0 Å². The largest absolute Gasteiger partial charge is 0.0992 e. The Morgan fingerprint density at radius 1 is 1.07 bits per heavy atom. The van der Waals surface area contributed by atoms with E-state index in [1.54, 1.807) is 0 Å². The average Bonchev–Trinajstić information content (AvgIpc) is 2.15. The van der Waals surface area contributed by atoms with Gasteiger partial charge < -0.3 is 0 Å². The molecule has 0 aliphatic heterocycles. The van der Waals surface area contributed by atoms with E-state index >= 15 is 0 Å². The van der Waals surface area contributed by atoms with Gasteiger partial charge >= 0.3 is 0 Å². The second-order valence-electron chi connectivity index (χ2n) is 4.71. The van der Waals surface area contributed by atoms with Crippen LogP contribution in [-0.4, -0.2) is 8.07 Å². The summed E-state index contributed by atoms with van der Waals surface area (Å²) in [7, 11) is -1.33. The zero-order chi connectivity index (χ0) is 11.6. The Balaban J connectivity index is 2.96. The van der Waals surface area contributed by atoms with E-state index in [0.29, 0.717) is 0 Å². The van der Waals surface area contributed by atoms with Crippen LogP contribution in [0.25, 0.3) is 5.57 Å². The molecule has 0 N–H and O–H groups in total. The Morgan fingerprint density at radius 3 is 1.93 bits per heavy atom. The fraction of sp³-hybridized carbons (Fsp3) is 0.231. The molecule has 0 fully saturated rings. The summed E-state index contributed by atoms with van der Waals surface area (Å²) in [4.78, 5) is 0. The van der Waals surface area contributed by atoms with E-state index in [4.69, 9.17) is 0 Å². The van der Waals surface area contributed by atoms with Crippen LogP contribution in [0.4, 0.5) is 0 Å². The molecule has 0 bridgehead atoms. The lowest BCUT2D eigenvalue weighted by molar-refractivity contribution is 1.56. The minimum Gasteiger partial charge on any atom is -0.0992 e. The lowest BCUT2D eigenvalue weighted by Crippen LogP contribution is -2.23. The van der Waals surface area contributed by atoms with Gasteiger partial charge in [0.2, 0.25) is 0 Å². The van der Waals surface area contributed by atoms with Crippen molar-refractivity contribution in [3.63, 3.8) is 0 Å². The molecule has 2 heteroatoms. The van der Waals surface area contributed by atoms with E-state index < -0.39 is 8.07 Å². The highest BCUT2D eigenvalue weighted by Crippen LogP contribution is 2.28. The van der Waals surface area contributed by atoms with Gasteiger partial charge in [0, 0.05) is 4.47 Å². The van der Waals surface area contributed by atoms with Crippen molar-refractivity contribution >= 4 is 29.6 Å². The highest BCUT2D eigenvalue weighted by Gasteiger charge is 2.20. The molecule has 80 valence electrons. The summed E-state index contributed by atoms with van der Waals surface area (Å²) in [5.74, 6) is 0. The molecule has 0 radical (unpaired) electrons. The van der Waals surface area contributed by atoms with Gasteiger partial charge in [0.25, 0.3) is 0 Å². The van der Waals surface area contributed by atoms with E-state index in [-0.39, 0.29) is 0 Å². The van der Waals surface area contributed by atoms with Crippen molar-refractivity contribution < 1.29 is 0 Å². The van der Waals surface area contributed by atoms with Crippen molar-refractivity contribution in [2.75, 3.05) is 0 Å². The fourth-order valence-electron chi connectivity index (χ4n) is 1.28. The fourth-order valence-corrected chi connectivity index (χ4v) is 2.59. The minimum absolute atomic E-state index is 1.08. The van der Waals surface area contributed by atoms with Gasteiger partial charge in [-0.25, -0.2) is 0 Å². The Bertz CT molecular complexity index is 382. The van der Waals surface area contributed by atoms with Crippen molar-refractivity contribution in [2.45, 2.75) is 19.6 Å². The molecular formula is C13H17BrSi. The average molecular weight is 281 g/mol. The van der Waals surface area contributed by atoms with Crippen LogP contribution < -0.4 is 0 Å². The lowest BCUT2D eigenvalue weighted by atomic mass is 10.1. The zero-order valence-electron chi connectivity index (χ0n) is 9.60. The topological polar surface area (TPSA) is 0 Å². The van der Waals surface area contributed by atoms with Crippen molar-refractivity contribution in [3.05, 3.63) is 52.7 Å². The van der Waals surface area contributed by atoms with E-state index in [1.807, 2.05) is 12.1 Å². The molecule has 0 aliphatic carbocycles. The monoisotopic (exact) mass is 280 g/mol. The third kappa shape index (κ3) is 3.18. The molecule has 0 aromatic heterocycles. The summed E-state index contributed by atoms with van der Waals surface area (Å²) in [5, 5.41) is 1.23. The third-order valence-electron chi connectivity index (χ3n) is 2.46. The van der Waals surface area contributed by atoms with E-state index in [0.717, 1.165) is 10.0 Å². The standard InChI is InChI=1S/C13H17BrSi/c1-10(11(2)15(3,4)5)12-6-8-13(14)9-7-12/h6-9H,1-2H2,3-5H3. The first-order valence-electron chi connectivity index (χ1n) is 4.97. The van der Waals surface area contributed by atoms with Crippen LogP contribution in [0, 0.1) is 0 Å². The Hall–Kier alpha value is -0.603. The molecule has 0 unspecified atom stereocenters. The maximum absolute atomic E-state index is 4.18. The maximum atomic E-state index is 4.18. The number of allylic oxidation sites excluding steroid dienone is 2. The Morgan fingerprint density at radius 2 is 1.53 bits per heavy atom. The van der Waals surface area contributed by atoms with Gasteiger partial charge in [-0.05, 0) is 23.3 Å². The first kappa shape index (κ1) is 12.5. The summed E-state index contributed by atoms with van der Waals surface area (Å²) in [5.41, 5.74) is 2.26. The van der Waals surface area contributed by atoms with Gasteiger partial charge in [-0.2, -0.15) is 0 Å². The van der Waals surface area contributed by atoms with Gasteiger partial charge in [-0.1, -0.05) is 66.1 Å². The summed E-state index contributed by atoms with van der Waals surface area (Å²) >= 11 is 3.43. The van der Waals surface area contributed by atoms with Gasteiger partial charge in [0.05, 0.1) is 8.07 Å². The predicted molar refractivity (Wildman–Crippen MR) is 75.7 cm³/mol. The molecule has 0 saturated carbocycles. The Kier molecular flexibility index (Phi) is 3.74. The molecule has 0 nitrogen and oxygen atoms in total. The van der Waals surface area contributed by atoms with Gasteiger partial charge in [0.15, 0.2) is 0 Å². The Labute approximate surface area is 102 Å². The van der Waals surface area contributed by atoms with E-state index in [1.165, 1.54) is 10.8 Å². The molecule has 1 aromatic carbocycles. The van der Waals surface area contributed by atoms with Crippen molar-refractivity contribution in [1.82, 2.24) is 0 Å². The quantitative estimate of drug-likeness (QED) is 0.546. The van der Waals surface area contributed by atoms with Crippen LogP contribution in [0.2, 0.25) is 19.6 Å². The van der Waals surface area contributed by atoms with Crippen molar-refractivity contribution in [1.29, 1.82) is 0 Å². The maximum Gasteiger partial charge on any atom is 0.0776 e. The predicted octanol–water partition coefficient (Wildman–Crippen LogP) is 4.90. The number of halogens is 1. The molecule has 0 amide bonds. The number of benzene rings is 1. The van der Waals surface area contributed by atoms with Crippen LogP contribution in [0.1, 0.15) is 5.56 Å². The summed E-state index contributed by atoms with van der Waals surface area (Å²) in [6.07, 6.45) is 0. The summed E-state index contributed by atoms with van der Waals surface area (Å²) < 4.78 is 1.10. The van der Waals surface area contributed by atoms with Crippen LogP contribution in [0.3, 0.4) is 0 Å². The van der Waals surface area contributed by atoms with Gasteiger partial charge in [0.1, 0.15) is 0 Å². The zero-order valence-corrected chi connectivity index (χ0v) is 12.2. The molecule has 0 aliphatic rings. The number of hydrogen-bond donors (Lipinski definition) is 0. The second-order valence-corrected chi connectivity index (χ2v) is 10.7. The molecule has 0 saturated heterocycles. The molecule has 0 spiro atoms. The van der Waals surface area contributed by atoms with E-state index in [2.05, 4.69) is 60.9 Å². The minimum atomic E-state index is -1.33. The van der Waals surface area contributed by atoms with E-state index in [9.17, 15) is 0 Å². The smallest absolute Gasteiger partial charge is 0.0776 e. The summed E-state index contributed by atoms with van der Waals surface area (Å²) in [6.45, 7) is 15.2. The highest BCUT2D eigenvalue weighted by molar-refractivity contribution is 9.10. The second kappa shape index (κ2) is 4.50. The molecule has 0 heterocycles. The van der Waals surface area contributed by atoms with Crippen molar-refractivity contribution in [3.8, 4) is 0 Å². The summed E-state index contributed by atoms with van der Waals surface area (Å²) in [6, 6.07) is 8.24.